The highest BCUT2D eigenvalue weighted by Gasteiger charge is 2.65. The van der Waals surface area contributed by atoms with Crippen molar-refractivity contribution in [1.82, 2.24) is 14.9 Å². The molecule has 2 aliphatic heterocycles. The van der Waals surface area contributed by atoms with Gasteiger partial charge >= 0.3 is 6.09 Å². The second kappa shape index (κ2) is 10.2. The summed E-state index contributed by atoms with van der Waals surface area (Å²) in [7, 11) is -3.82. The van der Waals surface area contributed by atoms with E-state index in [9.17, 15) is 27.6 Å². The molecule has 0 unspecified atom stereocenters. The van der Waals surface area contributed by atoms with Crippen molar-refractivity contribution in [1.29, 1.82) is 0 Å². The molecule has 0 aromatic heterocycles. The highest BCUT2D eigenvalue weighted by atomic mass is 32.2. The molecule has 0 radical (unpaired) electrons. The van der Waals surface area contributed by atoms with Crippen molar-refractivity contribution < 1.29 is 32.3 Å². The van der Waals surface area contributed by atoms with Crippen molar-refractivity contribution in [2.75, 3.05) is 6.54 Å². The maximum atomic E-state index is 14.2. The van der Waals surface area contributed by atoms with Gasteiger partial charge in [-0.3, -0.25) is 19.1 Å². The van der Waals surface area contributed by atoms with E-state index in [1.54, 1.807) is 0 Å². The van der Waals surface area contributed by atoms with Gasteiger partial charge in [0, 0.05) is 12.5 Å². The summed E-state index contributed by atoms with van der Waals surface area (Å²) in [5.74, 6) is -2.11. The molecule has 4 amide bonds. The van der Waals surface area contributed by atoms with Crippen molar-refractivity contribution in [3.63, 3.8) is 0 Å². The van der Waals surface area contributed by atoms with Gasteiger partial charge < -0.3 is 20.7 Å². The lowest BCUT2D eigenvalue weighted by atomic mass is 9.70. The van der Waals surface area contributed by atoms with E-state index in [0.29, 0.717) is 32.1 Å². The van der Waals surface area contributed by atoms with E-state index in [-0.39, 0.29) is 25.3 Å². The van der Waals surface area contributed by atoms with E-state index in [2.05, 4.69) is 10.0 Å². The number of primary amides is 1. The van der Waals surface area contributed by atoms with Crippen molar-refractivity contribution in [2.45, 2.75) is 107 Å². The van der Waals surface area contributed by atoms with Gasteiger partial charge in [-0.05, 0) is 63.2 Å². The average Bonchev–Trinajstić information content (AvgIpc) is 3.72. The first-order valence-electron chi connectivity index (χ1n) is 13.6. The van der Waals surface area contributed by atoms with Crippen LogP contribution in [-0.4, -0.2) is 66.1 Å². The lowest BCUT2D eigenvalue weighted by Gasteiger charge is -2.47. The van der Waals surface area contributed by atoms with Gasteiger partial charge in [0.2, 0.25) is 15.9 Å². The highest BCUT2D eigenvalue weighted by molar-refractivity contribution is 7.91. The molecule has 0 aromatic rings. The molecule has 2 heterocycles. The minimum Gasteiger partial charge on any atom is -0.436 e. The topological polar surface area (TPSA) is 165 Å². The van der Waals surface area contributed by atoms with E-state index in [4.69, 9.17) is 10.5 Å². The van der Waals surface area contributed by atoms with Gasteiger partial charge in [-0.1, -0.05) is 39.3 Å². The van der Waals surface area contributed by atoms with E-state index < -0.39 is 61.7 Å². The molecule has 0 bridgehead atoms. The molecule has 0 aromatic carbocycles. The van der Waals surface area contributed by atoms with Gasteiger partial charge in [0.25, 0.3) is 11.8 Å². The van der Waals surface area contributed by atoms with Crippen LogP contribution in [0.25, 0.3) is 0 Å². The molecule has 4 N–H and O–H groups in total. The normalized spacial score (nSPS) is 32.8. The average molecular weight is 553 g/mol. The molecular formula is C26H40N4O7S. The quantitative estimate of drug-likeness (QED) is 0.448. The number of sulfonamides is 1. The third-order valence-corrected chi connectivity index (χ3v) is 10.3. The molecule has 4 atom stereocenters. The van der Waals surface area contributed by atoms with Crippen LogP contribution in [0.4, 0.5) is 4.79 Å². The second-order valence-electron chi connectivity index (χ2n) is 12.1. The van der Waals surface area contributed by atoms with Crippen LogP contribution in [0.1, 0.15) is 85.0 Å². The Morgan fingerprint density at radius 2 is 1.84 bits per heavy atom. The second-order valence-corrected chi connectivity index (χ2v) is 14.1. The minimum atomic E-state index is -3.82. The zero-order chi connectivity index (χ0) is 27.9. The number of hydrogen-bond acceptors (Lipinski definition) is 7. The van der Waals surface area contributed by atoms with Crippen LogP contribution in [0.5, 0.6) is 0 Å². The number of nitrogens with one attached hydrogen (secondary N) is 2. The summed E-state index contributed by atoms with van der Waals surface area (Å²) in [6.07, 6.45) is 7.06. The minimum absolute atomic E-state index is 0.267. The number of ether oxygens (including phenoxy) is 1. The first-order chi connectivity index (χ1) is 17.7. The predicted molar refractivity (Wildman–Crippen MR) is 139 cm³/mol. The summed E-state index contributed by atoms with van der Waals surface area (Å²) in [5, 5.41) is 2.34. The predicted octanol–water partition coefficient (Wildman–Crippen LogP) is 1.86. The molecule has 1 saturated heterocycles. The van der Waals surface area contributed by atoms with Crippen LogP contribution >= 0.6 is 0 Å². The Morgan fingerprint density at radius 3 is 2.47 bits per heavy atom. The van der Waals surface area contributed by atoms with Crippen LogP contribution in [-0.2, 0) is 29.1 Å². The van der Waals surface area contributed by atoms with Gasteiger partial charge in [0.15, 0.2) is 6.10 Å². The summed E-state index contributed by atoms with van der Waals surface area (Å²) in [6.45, 7) is 5.83. The van der Waals surface area contributed by atoms with Crippen LogP contribution in [0.3, 0.4) is 0 Å². The first kappa shape index (κ1) is 28.4. The molecule has 11 nitrogen and oxygen atoms in total. The molecular weight excluding hydrogens is 512 g/mol. The van der Waals surface area contributed by atoms with Gasteiger partial charge in [-0.2, -0.15) is 0 Å². The monoisotopic (exact) mass is 552 g/mol. The smallest absolute Gasteiger partial charge is 0.405 e. The summed E-state index contributed by atoms with van der Waals surface area (Å²) in [6, 6.07) is 0. The number of hydrogen-bond donors (Lipinski definition) is 3. The van der Waals surface area contributed by atoms with Crippen LogP contribution in [0.15, 0.2) is 12.2 Å². The van der Waals surface area contributed by atoms with Crippen LogP contribution in [0, 0.1) is 11.3 Å². The summed E-state index contributed by atoms with van der Waals surface area (Å²) < 4.78 is 32.6. The molecule has 2 aliphatic carbocycles. The summed E-state index contributed by atoms with van der Waals surface area (Å²) >= 11 is 0. The number of rotatable bonds is 4. The molecule has 0 spiro atoms. The van der Waals surface area contributed by atoms with Crippen LogP contribution in [0.2, 0.25) is 0 Å². The Morgan fingerprint density at radius 1 is 1.13 bits per heavy atom. The molecule has 212 valence electrons. The standard InChI is InChI=1S/C26H40N4O7S/c1-24(2,3)26-14-9-15-30(26)20(31)19(37-23(27)34)11-8-6-4-5-7-10-17-16-25(17,28-22(26)33)21(32)29-38(35,36)18-12-13-18/h7,10,17-19H,4-6,8-9,11-16H2,1-3H3,(H2,27,34)(H,28,33)(H,29,32)/t17-,19+,25-,26-/m1/s1. The van der Waals surface area contributed by atoms with Gasteiger partial charge in [-0.15, -0.1) is 0 Å². The molecule has 38 heavy (non-hydrogen) atoms. The fourth-order valence-corrected chi connectivity index (χ4v) is 7.38. The van der Waals surface area contributed by atoms with E-state index >= 15 is 0 Å². The largest absolute Gasteiger partial charge is 0.436 e. The van der Waals surface area contributed by atoms with Crippen molar-refractivity contribution in [3.05, 3.63) is 12.2 Å². The number of nitrogens with zero attached hydrogens (tertiary/aromatic N) is 1. The Balaban J connectivity index is 1.72. The number of nitrogens with two attached hydrogens (primary N) is 1. The molecule has 4 rings (SSSR count). The van der Waals surface area contributed by atoms with Crippen molar-refractivity contribution in [3.8, 4) is 0 Å². The van der Waals surface area contributed by atoms with E-state index in [0.717, 1.165) is 19.3 Å². The number of carbonyl (C=O) groups is 4. The Kier molecular flexibility index (Phi) is 7.59. The van der Waals surface area contributed by atoms with Crippen molar-refractivity contribution in [2.24, 2.45) is 17.1 Å². The van der Waals surface area contributed by atoms with E-state index in [1.165, 1.54) is 4.90 Å². The van der Waals surface area contributed by atoms with E-state index in [1.807, 2.05) is 32.9 Å². The summed E-state index contributed by atoms with van der Waals surface area (Å²) in [4.78, 5) is 54.6. The van der Waals surface area contributed by atoms with Crippen LogP contribution < -0.4 is 15.8 Å². The molecule has 3 fully saturated rings. The zero-order valence-electron chi connectivity index (χ0n) is 22.5. The number of fused-ring (bicyclic) bond motifs is 2. The van der Waals surface area contributed by atoms with Gasteiger partial charge in [0.05, 0.1) is 5.25 Å². The third-order valence-electron chi connectivity index (χ3n) is 8.46. The maximum Gasteiger partial charge on any atom is 0.405 e. The summed E-state index contributed by atoms with van der Waals surface area (Å²) in [5.41, 5.74) is 1.76. The van der Waals surface area contributed by atoms with Crippen molar-refractivity contribution >= 4 is 33.8 Å². The Hall–Kier alpha value is -2.63. The fraction of sp³-hybridized carbons (Fsp3) is 0.769. The fourth-order valence-electron chi connectivity index (χ4n) is 6.02. The third kappa shape index (κ3) is 5.28. The maximum absolute atomic E-state index is 14.2. The zero-order valence-corrected chi connectivity index (χ0v) is 23.3. The lowest BCUT2D eigenvalue weighted by molar-refractivity contribution is -0.158. The van der Waals surface area contributed by atoms with Gasteiger partial charge in [-0.25, -0.2) is 13.2 Å². The number of carbonyl (C=O) groups excluding carboxylic acids is 4. The molecule has 12 heteroatoms. The first-order valence-corrected chi connectivity index (χ1v) is 15.1. The molecule has 4 aliphatic rings. The van der Waals surface area contributed by atoms with Gasteiger partial charge in [0.1, 0.15) is 11.1 Å². The number of allylic oxidation sites excluding steroid dienone is 1. The number of amides is 4. The lowest BCUT2D eigenvalue weighted by Crippen LogP contribution is -2.68. The molecule has 2 saturated carbocycles. The Bertz CT molecular complexity index is 1130. The SMILES string of the molecule is CC(C)(C)[C@]12CCCN1C(=O)[C@@H](OC(N)=O)CCCCCC=C[C@@H]1C[C@@]1(C(=O)NS(=O)(=O)C1CC1)NC2=O. The Labute approximate surface area is 224 Å². The highest BCUT2D eigenvalue weighted by Crippen LogP contribution is 2.49.